The van der Waals surface area contributed by atoms with Gasteiger partial charge >= 0.3 is 0 Å². The molecule has 0 radical (unpaired) electrons. The summed E-state index contributed by atoms with van der Waals surface area (Å²) in [5.41, 5.74) is 0.881. The normalized spacial score (nSPS) is 11.7. The molecule has 0 fully saturated rings. The van der Waals surface area contributed by atoms with Gasteiger partial charge in [-0.3, -0.25) is 0 Å². The molecule has 1 atom stereocenters. The topological polar surface area (TPSA) is 35.8 Å². The van der Waals surface area contributed by atoms with Crippen LogP contribution >= 0.6 is 15.9 Å². The van der Waals surface area contributed by atoms with Crippen molar-refractivity contribution in [2.45, 2.75) is 12.5 Å². The van der Waals surface area contributed by atoms with Gasteiger partial charge in [0.2, 0.25) is 0 Å². The van der Waals surface area contributed by atoms with Gasteiger partial charge in [-0.2, -0.15) is 5.26 Å². The summed E-state index contributed by atoms with van der Waals surface area (Å²) in [6.07, 6.45) is 0.154. The highest BCUT2D eigenvalue weighted by molar-refractivity contribution is 9.10. The van der Waals surface area contributed by atoms with Crippen LogP contribution in [0, 0.1) is 23.0 Å². The van der Waals surface area contributed by atoms with E-state index < -0.39 is 17.7 Å². The van der Waals surface area contributed by atoms with Crippen molar-refractivity contribution in [1.82, 2.24) is 0 Å². The van der Waals surface area contributed by atoms with Crippen LogP contribution in [0.4, 0.5) is 14.5 Å². The molecule has 0 aliphatic rings. The first-order chi connectivity index (χ1) is 9.61. The van der Waals surface area contributed by atoms with Crippen LogP contribution in [0.25, 0.3) is 0 Å². The zero-order valence-corrected chi connectivity index (χ0v) is 12.0. The van der Waals surface area contributed by atoms with Gasteiger partial charge in [0.25, 0.3) is 0 Å². The summed E-state index contributed by atoms with van der Waals surface area (Å²) in [5.74, 6) is -1.13. The monoisotopic (exact) mass is 336 g/mol. The van der Waals surface area contributed by atoms with Crippen LogP contribution in [-0.2, 0) is 0 Å². The van der Waals surface area contributed by atoms with E-state index in [2.05, 4.69) is 21.2 Å². The summed E-state index contributed by atoms with van der Waals surface area (Å²) in [6.45, 7) is 0. The number of halogens is 3. The lowest BCUT2D eigenvalue weighted by Gasteiger charge is -2.18. The van der Waals surface area contributed by atoms with Gasteiger partial charge in [-0.1, -0.05) is 30.3 Å². The molecule has 0 saturated carbocycles. The van der Waals surface area contributed by atoms with Gasteiger partial charge in [0.1, 0.15) is 11.6 Å². The maximum atomic E-state index is 13.8. The van der Waals surface area contributed by atoms with Gasteiger partial charge in [-0.25, -0.2) is 8.78 Å². The quantitative estimate of drug-likeness (QED) is 0.814. The largest absolute Gasteiger partial charge is 0.375 e. The molecule has 1 unspecified atom stereocenters. The first-order valence-corrected chi connectivity index (χ1v) is 6.74. The van der Waals surface area contributed by atoms with Gasteiger partial charge in [0.05, 0.1) is 28.7 Å². The van der Waals surface area contributed by atoms with Gasteiger partial charge in [0.15, 0.2) is 0 Å². The van der Waals surface area contributed by atoms with Crippen molar-refractivity contribution >= 4 is 21.6 Å². The van der Waals surface area contributed by atoms with E-state index >= 15 is 0 Å². The molecule has 0 aliphatic carbocycles. The van der Waals surface area contributed by atoms with Crippen molar-refractivity contribution in [3.8, 4) is 6.07 Å². The van der Waals surface area contributed by atoms with Crippen LogP contribution in [0.2, 0.25) is 0 Å². The Hall–Kier alpha value is -1.93. The summed E-state index contributed by atoms with van der Waals surface area (Å²) in [7, 11) is 0. The van der Waals surface area contributed by atoms with Crippen LogP contribution in [0.5, 0.6) is 0 Å². The minimum absolute atomic E-state index is 0.0369. The maximum Gasteiger partial charge on any atom is 0.147 e. The number of rotatable bonds is 4. The third-order valence-corrected chi connectivity index (χ3v) is 3.44. The maximum absolute atomic E-state index is 13.8. The lowest BCUT2D eigenvalue weighted by molar-refractivity contribution is 0.594. The number of hydrogen-bond donors (Lipinski definition) is 1. The Morgan fingerprint density at radius 3 is 2.50 bits per heavy atom. The highest BCUT2D eigenvalue weighted by atomic mass is 79.9. The van der Waals surface area contributed by atoms with Crippen LogP contribution in [0.1, 0.15) is 18.0 Å². The van der Waals surface area contributed by atoms with E-state index in [1.165, 1.54) is 0 Å². The Labute approximate surface area is 124 Å². The molecule has 5 heteroatoms. The Morgan fingerprint density at radius 1 is 1.15 bits per heavy atom. The second-order valence-corrected chi connectivity index (χ2v) is 5.07. The second kappa shape index (κ2) is 6.49. The Kier molecular flexibility index (Phi) is 4.70. The van der Waals surface area contributed by atoms with Crippen molar-refractivity contribution in [2.24, 2.45) is 0 Å². The molecule has 102 valence electrons. The van der Waals surface area contributed by atoms with Crippen molar-refractivity contribution in [3.63, 3.8) is 0 Å². The van der Waals surface area contributed by atoms with E-state index in [0.717, 1.165) is 17.7 Å². The van der Waals surface area contributed by atoms with E-state index in [-0.39, 0.29) is 16.6 Å². The van der Waals surface area contributed by atoms with E-state index in [1.54, 1.807) is 0 Å². The zero-order chi connectivity index (χ0) is 14.5. The molecule has 0 spiro atoms. The first kappa shape index (κ1) is 14.5. The molecular formula is C15H11BrF2N2. The Bertz CT molecular complexity index is 638. The molecule has 0 heterocycles. The van der Waals surface area contributed by atoms with Crippen molar-refractivity contribution in [2.75, 3.05) is 5.32 Å². The average molecular weight is 337 g/mol. The molecule has 2 aromatic rings. The lowest BCUT2D eigenvalue weighted by atomic mass is 10.0. The minimum Gasteiger partial charge on any atom is -0.375 e. The molecule has 0 aromatic heterocycles. The molecule has 0 saturated heterocycles. The zero-order valence-electron chi connectivity index (χ0n) is 10.4. The number of nitrogens with zero attached hydrogens (tertiary/aromatic N) is 1. The Balaban J connectivity index is 2.30. The molecule has 2 rings (SSSR count). The highest BCUT2D eigenvalue weighted by Gasteiger charge is 2.15. The number of nitrogens with one attached hydrogen (secondary N) is 1. The third-order valence-electron chi connectivity index (χ3n) is 2.84. The first-order valence-electron chi connectivity index (χ1n) is 5.95. The molecule has 0 amide bonds. The minimum atomic E-state index is -0.572. The molecule has 0 aliphatic heterocycles. The SMILES string of the molecule is N#CCC(Nc1cc(F)c(Br)cc1F)c1ccccc1. The molecular weight excluding hydrogens is 326 g/mol. The van der Waals surface area contributed by atoms with Crippen molar-refractivity contribution in [3.05, 3.63) is 64.1 Å². The van der Waals surface area contributed by atoms with Crippen LogP contribution in [0.15, 0.2) is 46.9 Å². The lowest BCUT2D eigenvalue weighted by Crippen LogP contribution is -2.11. The average Bonchev–Trinajstić information content (AvgIpc) is 2.45. The fraction of sp³-hybridized carbons (Fsp3) is 0.133. The Morgan fingerprint density at radius 2 is 1.85 bits per heavy atom. The number of nitriles is 1. The standard InChI is InChI=1S/C15H11BrF2N2/c16-11-8-13(18)15(9-12(11)17)20-14(6-7-19)10-4-2-1-3-5-10/h1-5,8-9,14,20H,6H2. The van der Waals surface area contributed by atoms with E-state index in [1.807, 2.05) is 36.4 Å². The summed E-state index contributed by atoms with van der Waals surface area (Å²) >= 11 is 2.93. The van der Waals surface area contributed by atoms with Gasteiger partial charge < -0.3 is 5.32 Å². The smallest absolute Gasteiger partial charge is 0.147 e. The van der Waals surface area contributed by atoms with E-state index in [9.17, 15) is 8.78 Å². The van der Waals surface area contributed by atoms with Gasteiger partial charge in [-0.15, -0.1) is 0 Å². The predicted molar refractivity (Wildman–Crippen MR) is 77.1 cm³/mol. The number of hydrogen-bond acceptors (Lipinski definition) is 2. The highest BCUT2D eigenvalue weighted by Crippen LogP contribution is 2.28. The van der Waals surface area contributed by atoms with Crippen LogP contribution < -0.4 is 5.32 Å². The summed E-state index contributed by atoms with van der Waals surface area (Å²) in [6, 6.07) is 13.0. The van der Waals surface area contributed by atoms with Crippen molar-refractivity contribution < 1.29 is 8.78 Å². The fourth-order valence-electron chi connectivity index (χ4n) is 1.85. The molecule has 2 nitrogen and oxygen atoms in total. The summed E-state index contributed by atoms with van der Waals surface area (Å²) < 4.78 is 27.4. The summed E-state index contributed by atoms with van der Waals surface area (Å²) in [4.78, 5) is 0. The van der Waals surface area contributed by atoms with Crippen LogP contribution in [-0.4, -0.2) is 0 Å². The number of benzene rings is 2. The predicted octanol–water partition coefficient (Wildman–Crippen LogP) is 4.79. The number of anilines is 1. The molecule has 20 heavy (non-hydrogen) atoms. The summed E-state index contributed by atoms with van der Waals surface area (Å²) in [5, 5.41) is 11.8. The van der Waals surface area contributed by atoms with Crippen LogP contribution in [0.3, 0.4) is 0 Å². The molecule has 1 N–H and O–H groups in total. The van der Waals surface area contributed by atoms with Gasteiger partial charge in [-0.05, 0) is 27.6 Å². The van der Waals surface area contributed by atoms with Gasteiger partial charge in [0, 0.05) is 6.07 Å². The second-order valence-electron chi connectivity index (χ2n) is 4.22. The molecule has 2 aromatic carbocycles. The third kappa shape index (κ3) is 3.34. The van der Waals surface area contributed by atoms with E-state index in [4.69, 9.17) is 5.26 Å². The van der Waals surface area contributed by atoms with E-state index in [0.29, 0.717) is 0 Å². The fourth-order valence-corrected chi connectivity index (χ4v) is 2.17. The molecule has 0 bridgehead atoms. The van der Waals surface area contributed by atoms with Crippen molar-refractivity contribution in [1.29, 1.82) is 5.26 Å².